The summed E-state index contributed by atoms with van der Waals surface area (Å²) in [7, 11) is 0. The van der Waals surface area contributed by atoms with Crippen LogP contribution in [0.1, 0.15) is 5.56 Å². The van der Waals surface area contributed by atoms with Gasteiger partial charge in [0.25, 0.3) is 0 Å². The maximum absolute atomic E-state index is 10.6. The fraction of sp³-hybridized carbons (Fsp3) is 0.0400. The van der Waals surface area contributed by atoms with Gasteiger partial charge in [-0.2, -0.15) is 0 Å². The molecule has 0 saturated heterocycles. The van der Waals surface area contributed by atoms with Crippen LogP contribution in [0.4, 0.5) is 0 Å². The van der Waals surface area contributed by atoms with E-state index in [-0.39, 0.29) is 6.61 Å². The lowest BCUT2D eigenvalue weighted by Gasteiger charge is -2.11. The Morgan fingerprint density at radius 3 is 1.32 bits per heavy atom. The first-order valence-electron chi connectivity index (χ1n) is 10.1. The fourth-order valence-electron chi connectivity index (χ4n) is 3.40. The van der Waals surface area contributed by atoms with E-state index >= 15 is 0 Å². The molecule has 0 spiro atoms. The number of hydrogen-bond acceptors (Lipinski definition) is 4. The summed E-state index contributed by atoms with van der Waals surface area (Å²) in [4.78, 5) is 0. The van der Waals surface area contributed by atoms with E-state index in [2.05, 4.69) is 0 Å². The van der Waals surface area contributed by atoms with Crippen molar-refractivity contribution in [2.45, 2.75) is 6.61 Å². The van der Waals surface area contributed by atoms with Crippen LogP contribution in [0, 0.1) is 0 Å². The van der Waals surface area contributed by atoms with Crippen molar-refractivity contribution >= 4 is 35.7 Å². The summed E-state index contributed by atoms with van der Waals surface area (Å²) in [5.41, 5.74) is 3.96. The first-order valence-corrected chi connectivity index (χ1v) is 10.1. The van der Waals surface area contributed by atoms with E-state index in [0.717, 1.165) is 27.4 Å². The third-order valence-electron chi connectivity index (χ3n) is 5.22. The van der Waals surface area contributed by atoms with Gasteiger partial charge >= 0.3 is 13.8 Å². The highest BCUT2D eigenvalue weighted by Gasteiger charge is 2.18. The largest absolute Gasteiger partial charge is 0.457 e. The predicted molar refractivity (Wildman–Crippen MR) is 126 cm³/mol. The molecule has 31 heavy (non-hydrogen) atoms. The van der Waals surface area contributed by atoms with E-state index in [4.69, 9.17) is 9.84 Å². The average Bonchev–Trinajstić information content (AvgIpc) is 2.85. The first-order chi connectivity index (χ1) is 15.1. The first kappa shape index (κ1) is 20.9. The van der Waals surface area contributed by atoms with E-state index < -0.39 is 13.8 Å². The second kappa shape index (κ2) is 9.67. The zero-order valence-corrected chi connectivity index (χ0v) is 16.9. The lowest BCUT2D eigenvalue weighted by Crippen LogP contribution is -2.42. The molecule has 0 aliphatic carbocycles. The molecular weight excluding hydrogens is 386 g/mol. The quantitative estimate of drug-likeness (QED) is 0.402. The smallest absolute Gasteiger partial charge is 0.358 e. The molecule has 0 amide bonds. The third-order valence-corrected chi connectivity index (χ3v) is 5.22. The second-order valence-electron chi connectivity index (χ2n) is 7.36. The molecule has 0 aromatic heterocycles. The summed E-state index contributed by atoms with van der Waals surface area (Å²) in [5, 5.41) is 30.2. The lowest BCUT2D eigenvalue weighted by molar-refractivity contribution is 0.282. The molecule has 0 bridgehead atoms. The highest BCUT2D eigenvalue weighted by atomic mass is 16.5. The standard InChI is InChI=1S/C25H22B2O4/c28-18-19-6-8-21(9-7-19)27(30)23-12-16-25(17-13-23)31-24-14-10-22(11-15-24)26(29)20-4-2-1-3-5-20/h1-17,28-30H,18H2. The number of aliphatic hydroxyl groups is 1. The summed E-state index contributed by atoms with van der Waals surface area (Å²) < 4.78 is 5.90. The number of rotatable bonds is 7. The van der Waals surface area contributed by atoms with Gasteiger partial charge in [0.15, 0.2) is 0 Å². The molecule has 0 aliphatic heterocycles. The molecule has 4 nitrogen and oxygen atoms in total. The molecular formula is C25H22B2O4. The van der Waals surface area contributed by atoms with Gasteiger partial charge in [-0.1, -0.05) is 78.9 Å². The molecule has 0 saturated carbocycles. The summed E-state index contributed by atoms with van der Waals surface area (Å²) >= 11 is 0. The van der Waals surface area contributed by atoms with Crippen LogP contribution >= 0.6 is 0 Å². The van der Waals surface area contributed by atoms with Gasteiger partial charge in [0.2, 0.25) is 0 Å². The van der Waals surface area contributed by atoms with Crippen molar-refractivity contribution < 1.29 is 19.9 Å². The van der Waals surface area contributed by atoms with Gasteiger partial charge in [0.1, 0.15) is 11.5 Å². The van der Waals surface area contributed by atoms with Crippen molar-refractivity contribution in [3.05, 3.63) is 109 Å². The second-order valence-corrected chi connectivity index (χ2v) is 7.36. The van der Waals surface area contributed by atoms with E-state index in [9.17, 15) is 10.0 Å². The van der Waals surface area contributed by atoms with Gasteiger partial charge in [-0.05, 0) is 51.7 Å². The SMILES string of the molecule is OCc1ccc(B(O)c2ccc(Oc3ccc(B(O)c4ccccc4)cc3)cc2)cc1. The maximum Gasteiger partial charge on any atom is 0.358 e. The minimum Gasteiger partial charge on any atom is -0.457 e. The Morgan fingerprint density at radius 1 is 0.516 bits per heavy atom. The Hall–Kier alpha value is -3.31. The highest BCUT2D eigenvalue weighted by molar-refractivity contribution is 6.79. The Labute approximate surface area is 182 Å². The van der Waals surface area contributed by atoms with Gasteiger partial charge in [0.05, 0.1) is 6.61 Å². The third kappa shape index (κ3) is 5.06. The molecule has 0 heterocycles. The maximum atomic E-state index is 10.6. The van der Waals surface area contributed by atoms with Crippen molar-refractivity contribution in [3.8, 4) is 11.5 Å². The van der Waals surface area contributed by atoms with Gasteiger partial charge in [0, 0.05) is 0 Å². The minimum absolute atomic E-state index is 0.0192. The van der Waals surface area contributed by atoms with E-state index in [1.165, 1.54) is 0 Å². The lowest BCUT2D eigenvalue weighted by atomic mass is 9.56. The van der Waals surface area contributed by atoms with E-state index in [0.29, 0.717) is 11.5 Å². The van der Waals surface area contributed by atoms with Gasteiger partial charge < -0.3 is 19.9 Å². The Morgan fingerprint density at radius 2 is 0.903 bits per heavy atom. The predicted octanol–water partition coefficient (Wildman–Crippen LogP) is 1.17. The van der Waals surface area contributed by atoms with Crippen LogP contribution in [-0.2, 0) is 6.61 Å². The van der Waals surface area contributed by atoms with Crippen molar-refractivity contribution in [1.82, 2.24) is 0 Å². The Balaban J connectivity index is 1.41. The summed E-state index contributed by atoms with van der Waals surface area (Å²) in [5.74, 6) is 1.32. The fourth-order valence-corrected chi connectivity index (χ4v) is 3.40. The van der Waals surface area contributed by atoms with Crippen LogP contribution in [0.2, 0.25) is 0 Å². The van der Waals surface area contributed by atoms with E-state index in [1.807, 2.05) is 91.0 Å². The number of ether oxygens (including phenoxy) is 1. The molecule has 6 heteroatoms. The molecule has 4 aromatic carbocycles. The molecule has 4 rings (SSSR count). The monoisotopic (exact) mass is 408 g/mol. The number of aliphatic hydroxyl groups excluding tert-OH is 1. The molecule has 0 aliphatic rings. The molecule has 0 atom stereocenters. The Kier molecular flexibility index (Phi) is 6.53. The molecule has 0 radical (unpaired) electrons. The number of hydrogen-bond donors (Lipinski definition) is 3. The van der Waals surface area contributed by atoms with Crippen LogP contribution in [0.15, 0.2) is 103 Å². The van der Waals surface area contributed by atoms with Crippen LogP contribution < -0.4 is 26.6 Å². The van der Waals surface area contributed by atoms with Gasteiger partial charge in [-0.25, -0.2) is 0 Å². The average molecular weight is 408 g/mol. The minimum atomic E-state index is -0.749. The summed E-state index contributed by atoms with van der Waals surface area (Å²) in [6.45, 7) is -1.45. The van der Waals surface area contributed by atoms with E-state index in [1.54, 1.807) is 12.1 Å². The molecule has 3 N–H and O–H groups in total. The van der Waals surface area contributed by atoms with Crippen LogP contribution in [0.5, 0.6) is 11.5 Å². The Bertz CT molecular complexity index is 1100. The van der Waals surface area contributed by atoms with Crippen molar-refractivity contribution in [3.63, 3.8) is 0 Å². The zero-order chi connectivity index (χ0) is 21.6. The molecule has 4 aromatic rings. The van der Waals surface area contributed by atoms with Gasteiger partial charge in [-0.3, -0.25) is 0 Å². The zero-order valence-electron chi connectivity index (χ0n) is 16.9. The molecule has 0 unspecified atom stereocenters. The topological polar surface area (TPSA) is 69.9 Å². The van der Waals surface area contributed by atoms with Crippen molar-refractivity contribution in [2.75, 3.05) is 0 Å². The number of benzene rings is 4. The van der Waals surface area contributed by atoms with Crippen LogP contribution in [0.3, 0.4) is 0 Å². The molecule has 0 fully saturated rings. The van der Waals surface area contributed by atoms with Gasteiger partial charge in [-0.15, -0.1) is 0 Å². The van der Waals surface area contributed by atoms with Crippen molar-refractivity contribution in [1.29, 1.82) is 0 Å². The van der Waals surface area contributed by atoms with Crippen LogP contribution in [0.25, 0.3) is 0 Å². The highest BCUT2D eigenvalue weighted by Crippen LogP contribution is 2.19. The van der Waals surface area contributed by atoms with Crippen LogP contribution in [-0.4, -0.2) is 29.0 Å². The summed E-state index contributed by atoms with van der Waals surface area (Å²) in [6, 6.07) is 31.4. The summed E-state index contributed by atoms with van der Waals surface area (Å²) in [6.07, 6.45) is 0. The van der Waals surface area contributed by atoms with Crippen molar-refractivity contribution in [2.24, 2.45) is 0 Å². The normalized spacial score (nSPS) is 10.5. The molecule has 152 valence electrons.